The van der Waals surface area contributed by atoms with Gasteiger partial charge in [0.25, 0.3) is 0 Å². The Bertz CT molecular complexity index is 656. The first-order chi connectivity index (χ1) is 11.7. The summed E-state index contributed by atoms with van der Waals surface area (Å²) in [4.78, 5) is 6.71. The highest BCUT2D eigenvalue weighted by Crippen LogP contribution is 2.19. The lowest BCUT2D eigenvalue weighted by Gasteiger charge is -2.30. The van der Waals surface area contributed by atoms with E-state index in [4.69, 9.17) is 4.74 Å². The summed E-state index contributed by atoms with van der Waals surface area (Å²) in [5.41, 5.74) is 2.81. The van der Waals surface area contributed by atoms with Crippen molar-refractivity contribution in [2.24, 2.45) is 0 Å². The van der Waals surface area contributed by atoms with E-state index in [-0.39, 0.29) is 6.10 Å². The monoisotopic (exact) mass is 329 g/mol. The van der Waals surface area contributed by atoms with E-state index < -0.39 is 6.10 Å². The molecule has 1 N–H and O–H groups in total. The Kier molecular flexibility index (Phi) is 5.66. The minimum atomic E-state index is -0.419. The van der Waals surface area contributed by atoms with E-state index in [1.165, 1.54) is 11.1 Å². The van der Waals surface area contributed by atoms with Crippen LogP contribution in [0.5, 0.6) is 0 Å². The molecule has 0 spiro atoms. The molecule has 1 aromatic heterocycles. The van der Waals surface area contributed by atoms with E-state index in [1.54, 1.807) is 6.20 Å². The number of benzene rings is 1. The number of ether oxygens (including phenoxy) is 1. The Hall–Kier alpha value is -1.69. The van der Waals surface area contributed by atoms with Crippen LogP contribution in [0.15, 0.2) is 36.7 Å². The molecule has 130 valence electrons. The van der Waals surface area contributed by atoms with Gasteiger partial charge >= 0.3 is 0 Å². The summed E-state index contributed by atoms with van der Waals surface area (Å²) in [6.07, 6.45) is 4.27. The molecule has 5 heteroatoms. The molecule has 0 saturated heterocycles. The molecule has 3 rings (SSSR count). The van der Waals surface area contributed by atoms with Crippen molar-refractivity contribution in [3.05, 3.63) is 53.6 Å². The van der Waals surface area contributed by atoms with E-state index in [0.717, 1.165) is 25.3 Å². The van der Waals surface area contributed by atoms with E-state index in [1.807, 2.05) is 24.6 Å². The fourth-order valence-electron chi connectivity index (χ4n) is 3.45. The van der Waals surface area contributed by atoms with Crippen molar-refractivity contribution < 1.29 is 9.84 Å². The Balaban J connectivity index is 1.57. The van der Waals surface area contributed by atoms with Crippen LogP contribution in [0.1, 0.15) is 36.9 Å². The van der Waals surface area contributed by atoms with Crippen LogP contribution in [-0.2, 0) is 24.2 Å². The van der Waals surface area contributed by atoms with Gasteiger partial charge in [-0.2, -0.15) is 0 Å². The van der Waals surface area contributed by atoms with Crippen LogP contribution in [0, 0.1) is 0 Å². The van der Waals surface area contributed by atoms with Gasteiger partial charge in [-0.1, -0.05) is 24.3 Å². The maximum atomic E-state index is 10.5. The number of fused-ring (bicyclic) bond motifs is 1. The van der Waals surface area contributed by atoms with Crippen LogP contribution >= 0.6 is 0 Å². The summed E-state index contributed by atoms with van der Waals surface area (Å²) in [7, 11) is 0. The predicted molar refractivity (Wildman–Crippen MR) is 93.7 cm³/mol. The molecule has 1 aromatic carbocycles. The second kappa shape index (κ2) is 7.92. The van der Waals surface area contributed by atoms with Gasteiger partial charge < -0.3 is 14.4 Å². The van der Waals surface area contributed by atoms with E-state index in [0.29, 0.717) is 19.7 Å². The second-order valence-electron chi connectivity index (χ2n) is 6.44. The fourth-order valence-corrected chi connectivity index (χ4v) is 3.45. The smallest absolute Gasteiger partial charge is 0.137 e. The first-order valence-electron chi connectivity index (χ1n) is 8.77. The predicted octanol–water partition coefficient (Wildman–Crippen LogP) is 2.40. The van der Waals surface area contributed by atoms with Gasteiger partial charge in [-0.25, -0.2) is 4.98 Å². The number of rotatable bonds is 7. The number of aromatic nitrogens is 2. The highest BCUT2D eigenvalue weighted by Gasteiger charge is 2.20. The largest absolute Gasteiger partial charge is 0.390 e. The molecule has 1 aliphatic rings. The number of β-amino-alcohol motifs (C(OH)–C–C–N with tert-alkyl or cyclic N) is 1. The van der Waals surface area contributed by atoms with Crippen LogP contribution in [0.2, 0.25) is 0 Å². The average molecular weight is 329 g/mol. The molecule has 2 aromatic rings. The minimum absolute atomic E-state index is 0.0564. The molecule has 24 heavy (non-hydrogen) atoms. The van der Waals surface area contributed by atoms with Crippen LogP contribution in [0.3, 0.4) is 0 Å². The maximum absolute atomic E-state index is 10.5. The Labute approximate surface area is 143 Å². The van der Waals surface area contributed by atoms with Gasteiger partial charge in [0.15, 0.2) is 0 Å². The van der Waals surface area contributed by atoms with Crippen LogP contribution in [-0.4, -0.2) is 45.4 Å². The molecule has 0 radical (unpaired) electrons. The van der Waals surface area contributed by atoms with Gasteiger partial charge in [0, 0.05) is 38.6 Å². The third-order valence-electron chi connectivity index (χ3n) is 4.61. The molecule has 2 heterocycles. The summed E-state index contributed by atoms with van der Waals surface area (Å²) in [5.74, 6) is 0.875. The molecule has 1 aliphatic heterocycles. The molecule has 0 aliphatic carbocycles. The van der Waals surface area contributed by atoms with Gasteiger partial charge in [-0.3, -0.25) is 4.90 Å². The van der Waals surface area contributed by atoms with Gasteiger partial charge in [-0.05, 0) is 31.4 Å². The fraction of sp³-hybridized carbons (Fsp3) is 0.526. The van der Waals surface area contributed by atoms with Crippen molar-refractivity contribution >= 4 is 0 Å². The van der Waals surface area contributed by atoms with Crippen molar-refractivity contribution in [1.82, 2.24) is 14.5 Å². The highest BCUT2D eigenvalue weighted by molar-refractivity contribution is 5.29. The van der Waals surface area contributed by atoms with Crippen molar-refractivity contribution in [2.45, 2.75) is 45.6 Å². The highest BCUT2D eigenvalue weighted by atomic mass is 16.5. The quantitative estimate of drug-likeness (QED) is 0.847. The van der Waals surface area contributed by atoms with Crippen LogP contribution < -0.4 is 0 Å². The van der Waals surface area contributed by atoms with Crippen molar-refractivity contribution in [3.63, 3.8) is 0 Å². The van der Waals surface area contributed by atoms with Crippen molar-refractivity contribution in [3.8, 4) is 0 Å². The molecule has 0 unspecified atom stereocenters. The maximum Gasteiger partial charge on any atom is 0.137 e. The van der Waals surface area contributed by atoms with Gasteiger partial charge in [0.2, 0.25) is 0 Å². The zero-order valence-electron chi connectivity index (χ0n) is 14.6. The first kappa shape index (κ1) is 17.1. The average Bonchev–Trinajstić information content (AvgIpc) is 3.03. The zero-order chi connectivity index (χ0) is 16.9. The second-order valence-corrected chi connectivity index (χ2v) is 6.44. The topological polar surface area (TPSA) is 50.5 Å². The van der Waals surface area contributed by atoms with Gasteiger partial charge in [-0.15, -0.1) is 0 Å². The van der Waals surface area contributed by atoms with E-state index in [9.17, 15) is 5.11 Å². The SMILES string of the molecule is CCO[C@H](C)c1nccn1C[C@@H](O)CN1CCc2ccccc2C1. The summed E-state index contributed by atoms with van der Waals surface area (Å²) >= 11 is 0. The lowest BCUT2D eigenvalue weighted by Crippen LogP contribution is -2.38. The summed E-state index contributed by atoms with van der Waals surface area (Å²) in [5, 5.41) is 10.5. The number of hydrogen-bond acceptors (Lipinski definition) is 4. The number of aliphatic hydroxyl groups excluding tert-OH is 1. The van der Waals surface area contributed by atoms with Crippen molar-refractivity contribution in [1.29, 1.82) is 0 Å². The Morgan fingerprint density at radius 1 is 1.25 bits per heavy atom. The number of aliphatic hydroxyl groups is 1. The minimum Gasteiger partial charge on any atom is -0.390 e. The molecule has 0 saturated carbocycles. The third kappa shape index (κ3) is 4.04. The number of imidazole rings is 1. The van der Waals surface area contributed by atoms with Crippen molar-refractivity contribution in [2.75, 3.05) is 19.7 Å². The lowest BCUT2D eigenvalue weighted by atomic mass is 10.00. The molecule has 0 fully saturated rings. The van der Waals surface area contributed by atoms with Gasteiger partial charge in [0.1, 0.15) is 11.9 Å². The third-order valence-corrected chi connectivity index (χ3v) is 4.61. The molecule has 5 nitrogen and oxygen atoms in total. The molecular weight excluding hydrogens is 302 g/mol. The standard InChI is InChI=1S/C19H27N3O2/c1-3-24-15(2)19-20-9-11-22(19)14-18(23)13-21-10-8-16-6-4-5-7-17(16)12-21/h4-7,9,11,15,18,23H,3,8,10,12-14H2,1-2H3/t15-,18+/m1/s1. The van der Waals surface area contributed by atoms with Gasteiger partial charge in [0.05, 0.1) is 12.6 Å². The molecule has 0 amide bonds. The van der Waals surface area contributed by atoms with Crippen LogP contribution in [0.25, 0.3) is 0 Å². The molecular formula is C19H27N3O2. The van der Waals surface area contributed by atoms with Crippen LogP contribution in [0.4, 0.5) is 0 Å². The Morgan fingerprint density at radius 3 is 2.83 bits per heavy atom. The number of nitrogens with zero attached hydrogens (tertiary/aromatic N) is 3. The lowest BCUT2D eigenvalue weighted by molar-refractivity contribution is 0.0601. The van der Waals surface area contributed by atoms with E-state index >= 15 is 0 Å². The number of hydrogen-bond donors (Lipinski definition) is 1. The first-order valence-corrected chi connectivity index (χ1v) is 8.77. The van der Waals surface area contributed by atoms with E-state index in [2.05, 4.69) is 34.1 Å². The summed E-state index contributed by atoms with van der Waals surface area (Å²) in [6, 6.07) is 8.58. The molecule has 2 atom stereocenters. The normalized spacial score (nSPS) is 17.5. The summed E-state index contributed by atoms with van der Waals surface area (Å²) in [6.45, 7) is 7.77. The Morgan fingerprint density at radius 2 is 2.04 bits per heavy atom. The zero-order valence-corrected chi connectivity index (χ0v) is 14.6. The summed E-state index contributed by atoms with van der Waals surface area (Å²) < 4.78 is 7.62. The molecule has 0 bridgehead atoms.